The van der Waals surface area contributed by atoms with Gasteiger partial charge >= 0.3 is 0 Å². The summed E-state index contributed by atoms with van der Waals surface area (Å²) in [7, 11) is 0. The highest BCUT2D eigenvalue weighted by atomic mass is 16.1. The fourth-order valence-electron chi connectivity index (χ4n) is 3.08. The smallest absolute Gasteiger partial charge is 0.255 e. The second-order valence-corrected chi connectivity index (χ2v) is 5.54. The highest BCUT2D eigenvalue weighted by molar-refractivity contribution is 5.76. The predicted octanol–water partition coefficient (Wildman–Crippen LogP) is 2.19. The van der Waals surface area contributed by atoms with Crippen LogP contribution >= 0.6 is 0 Å². The fourth-order valence-corrected chi connectivity index (χ4v) is 3.08. The lowest BCUT2D eigenvalue weighted by Crippen LogP contribution is -2.32. The van der Waals surface area contributed by atoms with Gasteiger partial charge in [-0.15, -0.1) is 0 Å². The van der Waals surface area contributed by atoms with Crippen molar-refractivity contribution in [3.8, 4) is 0 Å². The zero-order chi connectivity index (χ0) is 14.1. The molecule has 3 heterocycles. The number of rotatable bonds is 2. The van der Waals surface area contributed by atoms with Gasteiger partial charge in [0.05, 0.1) is 0 Å². The average Bonchev–Trinajstić information content (AvgIpc) is 2.48. The van der Waals surface area contributed by atoms with E-state index in [1.165, 1.54) is 0 Å². The lowest BCUT2D eigenvalue weighted by molar-refractivity contribution is 0.456. The Balaban J connectivity index is 2.20. The molecule has 0 atom stereocenters. The zero-order valence-electron chi connectivity index (χ0n) is 12.1. The van der Waals surface area contributed by atoms with Crippen molar-refractivity contribution in [2.45, 2.75) is 39.2 Å². The highest BCUT2D eigenvalue weighted by Crippen LogP contribution is 2.25. The zero-order valence-corrected chi connectivity index (χ0v) is 12.1. The summed E-state index contributed by atoms with van der Waals surface area (Å²) in [4.78, 5) is 17.3. The van der Waals surface area contributed by atoms with E-state index < -0.39 is 0 Å². The minimum atomic E-state index is 0.144. The Bertz CT molecular complexity index is 684. The van der Waals surface area contributed by atoms with Crippen molar-refractivity contribution in [2.24, 2.45) is 0 Å². The van der Waals surface area contributed by atoms with Gasteiger partial charge in [0.25, 0.3) is 5.56 Å². The van der Waals surface area contributed by atoms with Crippen LogP contribution in [0, 0.1) is 6.92 Å². The number of aryl methyl sites for hydroxylation is 2. The second-order valence-electron chi connectivity index (χ2n) is 5.54. The van der Waals surface area contributed by atoms with Crippen LogP contribution in [0.3, 0.4) is 0 Å². The van der Waals surface area contributed by atoms with E-state index in [9.17, 15) is 4.79 Å². The maximum absolute atomic E-state index is 12.7. The number of nitrogens with one attached hydrogen (secondary N) is 1. The summed E-state index contributed by atoms with van der Waals surface area (Å²) < 4.78 is 1.82. The summed E-state index contributed by atoms with van der Waals surface area (Å²) in [5, 5.41) is 4.43. The molecule has 4 heteroatoms. The maximum Gasteiger partial charge on any atom is 0.255 e. The van der Waals surface area contributed by atoms with Crippen LogP contribution in [-0.4, -0.2) is 22.6 Å². The molecule has 1 saturated heterocycles. The van der Waals surface area contributed by atoms with Crippen LogP contribution < -0.4 is 10.9 Å². The van der Waals surface area contributed by atoms with Crippen molar-refractivity contribution >= 4 is 11.0 Å². The molecule has 1 aliphatic heterocycles. The lowest BCUT2D eigenvalue weighted by Gasteiger charge is -2.23. The third kappa shape index (κ3) is 2.24. The maximum atomic E-state index is 12.7. The predicted molar refractivity (Wildman–Crippen MR) is 81.3 cm³/mol. The molecule has 0 spiro atoms. The second kappa shape index (κ2) is 5.37. The number of aromatic nitrogens is 2. The number of hydrogen-bond acceptors (Lipinski definition) is 3. The molecule has 0 saturated carbocycles. The normalized spacial score (nSPS) is 16.7. The molecule has 0 bridgehead atoms. The van der Waals surface area contributed by atoms with Crippen molar-refractivity contribution in [1.29, 1.82) is 0 Å². The monoisotopic (exact) mass is 271 g/mol. The van der Waals surface area contributed by atoms with Gasteiger partial charge in [0.1, 0.15) is 5.65 Å². The Morgan fingerprint density at radius 2 is 2.10 bits per heavy atom. The van der Waals surface area contributed by atoms with Gasteiger partial charge in [0.2, 0.25) is 0 Å². The molecule has 2 aromatic rings. The first-order valence-electron chi connectivity index (χ1n) is 7.42. The van der Waals surface area contributed by atoms with E-state index in [1.54, 1.807) is 0 Å². The standard InChI is InChI=1S/C16H21N3O/c1-3-19-15-13(5-4-11(2)18-15)10-14(16(19)20)12-6-8-17-9-7-12/h4-5,10,12,17H,3,6-9H2,1-2H3. The molecule has 2 aromatic heterocycles. The SMILES string of the molecule is CCn1c(=O)c(C2CCNCC2)cc2ccc(C)nc21. The van der Waals surface area contributed by atoms with Gasteiger partial charge < -0.3 is 5.32 Å². The Kier molecular flexibility index (Phi) is 3.57. The average molecular weight is 271 g/mol. The van der Waals surface area contributed by atoms with Crippen molar-refractivity contribution in [3.63, 3.8) is 0 Å². The van der Waals surface area contributed by atoms with E-state index in [0.717, 1.165) is 48.2 Å². The van der Waals surface area contributed by atoms with Crippen molar-refractivity contribution in [2.75, 3.05) is 13.1 Å². The molecule has 20 heavy (non-hydrogen) atoms. The minimum absolute atomic E-state index is 0.144. The van der Waals surface area contributed by atoms with Crippen molar-refractivity contribution < 1.29 is 0 Å². The lowest BCUT2D eigenvalue weighted by atomic mass is 9.90. The van der Waals surface area contributed by atoms with Crippen LogP contribution in [-0.2, 0) is 6.54 Å². The first kappa shape index (κ1) is 13.3. The molecule has 1 N–H and O–H groups in total. The molecule has 0 aliphatic carbocycles. The van der Waals surface area contributed by atoms with Gasteiger partial charge in [-0.1, -0.05) is 0 Å². The Morgan fingerprint density at radius 1 is 1.35 bits per heavy atom. The van der Waals surface area contributed by atoms with Crippen molar-refractivity contribution in [3.05, 3.63) is 39.8 Å². The molecule has 0 aromatic carbocycles. The fraction of sp³-hybridized carbons (Fsp3) is 0.500. The van der Waals surface area contributed by atoms with Crippen LogP contribution in [0.5, 0.6) is 0 Å². The van der Waals surface area contributed by atoms with Gasteiger partial charge in [0.15, 0.2) is 0 Å². The Hall–Kier alpha value is -1.68. The number of pyridine rings is 2. The highest BCUT2D eigenvalue weighted by Gasteiger charge is 2.20. The minimum Gasteiger partial charge on any atom is -0.317 e. The summed E-state index contributed by atoms with van der Waals surface area (Å²) in [5.41, 5.74) is 2.88. The third-order valence-electron chi connectivity index (χ3n) is 4.20. The van der Waals surface area contributed by atoms with E-state index in [1.807, 2.05) is 24.5 Å². The van der Waals surface area contributed by atoms with Crippen LogP contribution in [0.25, 0.3) is 11.0 Å². The van der Waals surface area contributed by atoms with Gasteiger partial charge in [-0.3, -0.25) is 9.36 Å². The molecule has 0 unspecified atom stereocenters. The van der Waals surface area contributed by atoms with E-state index in [4.69, 9.17) is 0 Å². The van der Waals surface area contributed by atoms with E-state index >= 15 is 0 Å². The molecule has 1 fully saturated rings. The summed E-state index contributed by atoms with van der Waals surface area (Å²) in [6.45, 7) is 6.65. The molecular weight excluding hydrogens is 250 g/mol. The molecule has 4 nitrogen and oxygen atoms in total. The van der Waals surface area contributed by atoms with Gasteiger partial charge in [-0.25, -0.2) is 4.98 Å². The summed E-state index contributed by atoms with van der Waals surface area (Å²) in [6.07, 6.45) is 2.09. The first-order chi connectivity index (χ1) is 9.70. The molecule has 1 aliphatic rings. The van der Waals surface area contributed by atoms with Gasteiger partial charge in [0, 0.05) is 23.2 Å². The number of nitrogens with zero attached hydrogens (tertiary/aromatic N) is 2. The molecular formula is C16H21N3O. The first-order valence-corrected chi connectivity index (χ1v) is 7.42. The molecule has 0 amide bonds. The topological polar surface area (TPSA) is 46.9 Å². The largest absolute Gasteiger partial charge is 0.317 e. The van der Waals surface area contributed by atoms with Gasteiger partial charge in [-0.2, -0.15) is 0 Å². The van der Waals surface area contributed by atoms with Crippen LogP contribution in [0.15, 0.2) is 23.0 Å². The van der Waals surface area contributed by atoms with E-state index in [-0.39, 0.29) is 5.56 Å². The summed E-state index contributed by atoms with van der Waals surface area (Å²) >= 11 is 0. The Morgan fingerprint density at radius 3 is 2.80 bits per heavy atom. The number of fused-ring (bicyclic) bond motifs is 1. The summed E-state index contributed by atoms with van der Waals surface area (Å²) in [6, 6.07) is 6.15. The van der Waals surface area contributed by atoms with E-state index in [2.05, 4.69) is 22.4 Å². The summed E-state index contributed by atoms with van der Waals surface area (Å²) in [5.74, 6) is 0.382. The van der Waals surface area contributed by atoms with Crippen LogP contribution in [0.2, 0.25) is 0 Å². The molecule has 0 radical (unpaired) electrons. The van der Waals surface area contributed by atoms with Gasteiger partial charge in [-0.05, 0) is 63.9 Å². The third-order valence-corrected chi connectivity index (χ3v) is 4.20. The molecule has 106 valence electrons. The van der Waals surface area contributed by atoms with Crippen LogP contribution in [0.4, 0.5) is 0 Å². The van der Waals surface area contributed by atoms with E-state index in [0.29, 0.717) is 12.5 Å². The number of piperidine rings is 1. The Labute approximate surface area is 118 Å². The quantitative estimate of drug-likeness (QED) is 0.911. The van der Waals surface area contributed by atoms with Crippen molar-refractivity contribution in [1.82, 2.24) is 14.9 Å². The number of hydrogen-bond donors (Lipinski definition) is 1. The molecule has 3 rings (SSSR count). The van der Waals surface area contributed by atoms with Crippen LogP contribution in [0.1, 0.15) is 36.9 Å².